The molecule has 10 nitrogen and oxygen atoms in total. The fourth-order valence-electron chi connectivity index (χ4n) is 3.80. The van der Waals surface area contributed by atoms with Gasteiger partial charge in [0.2, 0.25) is 10.0 Å². The smallest absolute Gasteiger partial charge is 0.323 e. The van der Waals surface area contributed by atoms with Crippen LogP contribution in [0.1, 0.15) is 18.1 Å². The topological polar surface area (TPSA) is 142 Å². The van der Waals surface area contributed by atoms with Crippen LogP contribution in [0.25, 0.3) is 0 Å². The Morgan fingerprint density at radius 1 is 0.872 bits per heavy atom. The summed E-state index contributed by atoms with van der Waals surface area (Å²) in [6.45, 7) is 4.23. The van der Waals surface area contributed by atoms with Gasteiger partial charge in [-0.15, -0.1) is 0 Å². The maximum Gasteiger partial charge on any atom is 0.323 e. The zero-order valence-corrected chi connectivity index (χ0v) is 23.8. The highest BCUT2D eigenvalue weighted by molar-refractivity contribution is 7.92. The van der Waals surface area contributed by atoms with Crippen LogP contribution in [0.15, 0.2) is 82.6 Å². The van der Waals surface area contributed by atoms with E-state index in [1.807, 2.05) is 13.8 Å². The van der Waals surface area contributed by atoms with Crippen LogP contribution >= 0.6 is 0 Å². The highest BCUT2D eigenvalue weighted by Gasteiger charge is 2.35. The molecule has 12 heteroatoms. The van der Waals surface area contributed by atoms with Crippen LogP contribution in [-0.4, -0.2) is 64.6 Å². The van der Waals surface area contributed by atoms with Gasteiger partial charge in [0.1, 0.15) is 6.04 Å². The van der Waals surface area contributed by atoms with Gasteiger partial charge in [-0.25, -0.2) is 16.8 Å². The second-order valence-electron chi connectivity index (χ2n) is 9.07. The number of nitrogens with one attached hydrogen (secondary N) is 2. The van der Waals surface area contributed by atoms with Gasteiger partial charge in [0.15, 0.2) is 0 Å². The lowest BCUT2D eigenvalue weighted by Gasteiger charge is -2.31. The maximum absolute atomic E-state index is 13.6. The number of esters is 1. The van der Waals surface area contributed by atoms with Gasteiger partial charge in [0, 0.05) is 6.54 Å². The summed E-state index contributed by atoms with van der Waals surface area (Å²) in [6.07, 6.45) is 0. The SMILES string of the molecule is COC(=O)[C@H](C)N(C[C@H](CO)Nc1ccccc1NS(=O)(=O)c1ccc(C)cc1)S(=O)(=O)c1ccc(C)cc1. The molecule has 0 spiro atoms. The van der Waals surface area contributed by atoms with E-state index in [0.717, 1.165) is 22.5 Å². The number of carbonyl (C=O) groups excluding carboxylic acids is 1. The molecule has 0 aliphatic heterocycles. The number of para-hydroxylation sites is 2. The van der Waals surface area contributed by atoms with Crippen molar-refractivity contribution in [2.24, 2.45) is 0 Å². The second kappa shape index (κ2) is 12.6. The standard InChI is InChI=1S/C27H33N3O7S2/c1-19-9-13-23(14-10-19)38(33,34)29-26-8-6-5-7-25(26)28-22(18-31)17-30(21(3)27(32)37-4)39(35,36)24-15-11-20(2)12-16-24/h5-16,21-22,28-29,31H,17-18H2,1-4H3/t21-,22+/m0/s1. The number of hydrogen-bond donors (Lipinski definition) is 3. The molecule has 0 saturated carbocycles. The molecule has 3 aromatic carbocycles. The van der Waals surface area contributed by atoms with Crippen LogP contribution in [-0.2, 0) is 29.6 Å². The largest absolute Gasteiger partial charge is 0.468 e. The Hall–Kier alpha value is -3.45. The van der Waals surface area contributed by atoms with Crippen molar-refractivity contribution in [2.45, 2.75) is 42.6 Å². The van der Waals surface area contributed by atoms with Crippen LogP contribution in [0.4, 0.5) is 11.4 Å². The molecule has 0 amide bonds. The van der Waals surface area contributed by atoms with Gasteiger partial charge < -0.3 is 15.2 Å². The molecule has 0 saturated heterocycles. The average Bonchev–Trinajstić information content (AvgIpc) is 2.91. The fourth-order valence-corrected chi connectivity index (χ4v) is 6.51. The molecular weight excluding hydrogens is 542 g/mol. The number of aliphatic hydroxyl groups excluding tert-OH is 1. The minimum atomic E-state index is -4.18. The van der Waals surface area contributed by atoms with E-state index in [2.05, 4.69) is 10.0 Å². The lowest BCUT2D eigenvalue weighted by Crippen LogP contribution is -2.49. The first kappa shape index (κ1) is 30.1. The summed E-state index contributed by atoms with van der Waals surface area (Å²) in [6, 6.07) is 16.9. The third-order valence-electron chi connectivity index (χ3n) is 6.08. The number of aliphatic hydroxyl groups is 1. The molecule has 0 aromatic heterocycles. The minimum Gasteiger partial charge on any atom is -0.468 e. The van der Waals surface area contributed by atoms with E-state index in [1.54, 1.807) is 48.5 Å². The molecule has 0 heterocycles. The summed E-state index contributed by atoms with van der Waals surface area (Å²) in [5.41, 5.74) is 2.28. The van der Waals surface area contributed by atoms with Crippen LogP contribution in [0.2, 0.25) is 0 Å². The van der Waals surface area contributed by atoms with E-state index in [0.29, 0.717) is 5.69 Å². The predicted octanol–water partition coefficient (Wildman–Crippen LogP) is 3.13. The van der Waals surface area contributed by atoms with Gasteiger partial charge in [-0.2, -0.15) is 4.31 Å². The monoisotopic (exact) mass is 575 g/mol. The molecule has 3 N–H and O–H groups in total. The summed E-state index contributed by atoms with van der Waals surface area (Å²) < 4.78 is 61.4. The average molecular weight is 576 g/mol. The number of nitrogens with zero attached hydrogens (tertiary/aromatic N) is 1. The summed E-state index contributed by atoms with van der Waals surface area (Å²) in [5.74, 6) is -0.770. The minimum absolute atomic E-state index is 0.0215. The van der Waals surface area contributed by atoms with E-state index >= 15 is 0 Å². The molecule has 0 bridgehead atoms. The summed E-state index contributed by atoms with van der Waals surface area (Å²) in [5, 5.41) is 13.2. The van der Waals surface area contributed by atoms with Crippen LogP contribution in [0, 0.1) is 13.8 Å². The zero-order chi connectivity index (χ0) is 28.8. The maximum atomic E-state index is 13.6. The molecule has 0 fully saturated rings. The number of aryl methyl sites for hydroxylation is 2. The molecule has 0 radical (unpaired) electrons. The normalized spacial score (nSPS) is 13.5. The highest BCUT2D eigenvalue weighted by atomic mass is 32.2. The second-order valence-corrected chi connectivity index (χ2v) is 12.6. The van der Waals surface area contributed by atoms with Gasteiger partial charge in [0.25, 0.3) is 10.0 Å². The summed E-state index contributed by atoms with van der Waals surface area (Å²) in [7, 11) is -6.95. The van der Waals surface area contributed by atoms with Gasteiger partial charge in [-0.05, 0) is 57.2 Å². The van der Waals surface area contributed by atoms with E-state index in [-0.39, 0.29) is 22.0 Å². The number of hydrogen-bond acceptors (Lipinski definition) is 8. The zero-order valence-electron chi connectivity index (χ0n) is 22.2. The lowest BCUT2D eigenvalue weighted by molar-refractivity contribution is -0.144. The Bertz CT molecular complexity index is 1490. The Morgan fingerprint density at radius 2 is 1.38 bits per heavy atom. The van der Waals surface area contributed by atoms with Crippen molar-refractivity contribution in [3.8, 4) is 0 Å². The van der Waals surface area contributed by atoms with E-state index < -0.39 is 44.7 Å². The first-order chi connectivity index (χ1) is 18.4. The third-order valence-corrected chi connectivity index (χ3v) is 9.42. The van der Waals surface area contributed by atoms with E-state index in [9.17, 15) is 26.7 Å². The molecule has 0 aliphatic carbocycles. The van der Waals surface area contributed by atoms with Crippen molar-refractivity contribution >= 4 is 37.4 Å². The molecule has 0 aliphatic rings. The van der Waals surface area contributed by atoms with Gasteiger partial charge >= 0.3 is 5.97 Å². The number of anilines is 2. The van der Waals surface area contributed by atoms with E-state index in [1.165, 1.54) is 31.2 Å². The van der Waals surface area contributed by atoms with Crippen molar-refractivity contribution in [1.29, 1.82) is 0 Å². The van der Waals surface area contributed by atoms with E-state index in [4.69, 9.17) is 4.74 Å². The predicted molar refractivity (Wildman–Crippen MR) is 149 cm³/mol. The first-order valence-corrected chi connectivity index (χ1v) is 15.0. The van der Waals surface area contributed by atoms with Gasteiger partial charge in [-0.3, -0.25) is 9.52 Å². The number of sulfonamides is 2. The van der Waals surface area contributed by atoms with Crippen molar-refractivity contribution in [3.63, 3.8) is 0 Å². The quantitative estimate of drug-likeness (QED) is 0.280. The molecule has 210 valence electrons. The number of ether oxygens (including phenoxy) is 1. The summed E-state index contributed by atoms with van der Waals surface area (Å²) >= 11 is 0. The number of rotatable bonds is 12. The van der Waals surface area contributed by atoms with Crippen molar-refractivity contribution < 1.29 is 31.5 Å². The number of benzene rings is 3. The van der Waals surface area contributed by atoms with Gasteiger partial charge in [0.05, 0.1) is 40.9 Å². The fraction of sp³-hybridized carbons (Fsp3) is 0.296. The molecule has 3 aromatic rings. The van der Waals surface area contributed by atoms with Crippen LogP contribution in [0.3, 0.4) is 0 Å². The Kier molecular flexibility index (Phi) is 9.73. The molecular formula is C27H33N3O7S2. The third kappa shape index (κ3) is 7.35. The molecule has 0 unspecified atom stereocenters. The Morgan fingerprint density at radius 3 is 1.90 bits per heavy atom. The number of methoxy groups -OCH3 is 1. The first-order valence-electron chi connectivity index (χ1n) is 12.1. The summed E-state index contributed by atoms with van der Waals surface area (Å²) in [4.78, 5) is 12.4. The van der Waals surface area contributed by atoms with Crippen molar-refractivity contribution in [2.75, 3.05) is 30.3 Å². The van der Waals surface area contributed by atoms with Crippen LogP contribution in [0.5, 0.6) is 0 Å². The molecule has 3 rings (SSSR count). The number of carbonyl (C=O) groups is 1. The lowest BCUT2D eigenvalue weighted by atomic mass is 10.2. The molecule has 2 atom stereocenters. The highest BCUT2D eigenvalue weighted by Crippen LogP contribution is 2.27. The Balaban J connectivity index is 1.91. The van der Waals surface area contributed by atoms with Gasteiger partial charge in [-0.1, -0.05) is 47.5 Å². The van der Waals surface area contributed by atoms with Crippen molar-refractivity contribution in [3.05, 3.63) is 83.9 Å². The van der Waals surface area contributed by atoms with Crippen LogP contribution < -0.4 is 10.0 Å². The Labute approximate surface area is 229 Å². The van der Waals surface area contributed by atoms with Crippen molar-refractivity contribution in [1.82, 2.24) is 4.31 Å². The molecule has 39 heavy (non-hydrogen) atoms.